The lowest BCUT2D eigenvalue weighted by Crippen LogP contribution is -2.35. The Kier molecular flexibility index (Phi) is 3.64. The number of benzene rings is 1. The molecule has 3 aromatic rings. The van der Waals surface area contributed by atoms with Gasteiger partial charge in [-0.05, 0) is 11.6 Å². The number of aromatic nitrogens is 3. The molecule has 2 heterocycles. The summed E-state index contributed by atoms with van der Waals surface area (Å²) in [6, 6.07) is 18.0. The molecule has 0 aliphatic carbocycles. The van der Waals surface area contributed by atoms with Crippen molar-refractivity contribution in [2.24, 2.45) is 5.10 Å². The summed E-state index contributed by atoms with van der Waals surface area (Å²) < 4.78 is 3.78. The third-order valence-electron chi connectivity index (χ3n) is 2.90. The second-order valence-corrected chi connectivity index (χ2v) is 4.39. The van der Waals surface area contributed by atoms with Gasteiger partial charge < -0.3 is 4.57 Å². The van der Waals surface area contributed by atoms with Gasteiger partial charge in [-0.3, -0.25) is 0 Å². The molecule has 1 aromatic carbocycles. The predicted octanol–water partition coefficient (Wildman–Crippen LogP) is 1.58. The molecule has 20 heavy (non-hydrogen) atoms. The third-order valence-corrected chi connectivity index (χ3v) is 2.90. The smallest absolute Gasteiger partial charge is 0.295 e. The molecule has 3 rings (SSSR count). The van der Waals surface area contributed by atoms with Gasteiger partial charge in [0.1, 0.15) is 0 Å². The molecule has 0 unspecified atom stereocenters. The number of hydrogen-bond donors (Lipinski definition) is 0. The third kappa shape index (κ3) is 2.98. The van der Waals surface area contributed by atoms with Crippen molar-refractivity contribution in [2.45, 2.75) is 6.54 Å². The molecule has 0 radical (unpaired) electrons. The van der Waals surface area contributed by atoms with E-state index >= 15 is 0 Å². The van der Waals surface area contributed by atoms with Crippen LogP contribution in [-0.4, -0.2) is 9.55 Å². The molecule has 4 nitrogen and oxygen atoms in total. The van der Waals surface area contributed by atoms with E-state index in [0.29, 0.717) is 5.62 Å². The minimum Gasteiger partial charge on any atom is -0.308 e. The average Bonchev–Trinajstić information content (AvgIpc) is 2.51. The Hall–Kier alpha value is -2.75. The van der Waals surface area contributed by atoms with Gasteiger partial charge in [0.2, 0.25) is 12.4 Å². The molecule has 0 aliphatic heterocycles. The Balaban J connectivity index is 1.99. The highest BCUT2D eigenvalue weighted by Crippen LogP contribution is 1.99. The van der Waals surface area contributed by atoms with Crippen molar-refractivity contribution >= 4 is 0 Å². The van der Waals surface area contributed by atoms with Crippen molar-refractivity contribution in [3.8, 4) is 0 Å². The topological polar surface area (TPSA) is 34.1 Å². The first kappa shape index (κ1) is 12.3. The number of pyridine rings is 1. The van der Waals surface area contributed by atoms with Crippen LogP contribution in [0.2, 0.25) is 0 Å². The molecule has 2 aromatic heterocycles. The minimum atomic E-state index is 0.674. The Morgan fingerprint density at radius 1 is 0.950 bits per heavy atom. The second-order valence-electron chi connectivity index (χ2n) is 4.39. The van der Waals surface area contributed by atoms with Crippen LogP contribution in [0.4, 0.5) is 0 Å². The van der Waals surface area contributed by atoms with E-state index in [-0.39, 0.29) is 0 Å². The quantitative estimate of drug-likeness (QED) is 0.661. The zero-order valence-corrected chi connectivity index (χ0v) is 11.0. The van der Waals surface area contributed by atoms with Gasteiger partial charge in [-0.2, -0.15) is 0 Å². The molecule has 98 valence electrons. The molecule has 0 saturated heterocycles. The van der Waals surface area contributed by atoms with Gasteiger partial charge in [0.15, 0.2) is 0 Å². The lowest BCUT2D eigenvalue weighted by Gasteiger charge is -2.04. The van der Waals surface area contributed by atoms with E-state index in [9.17, 15) is 0 Å². The molecule has 0 aliphatic rings. The van der Waals surface area contributed by atoms with Crippen LogP contribution in [0.5, 0.6) is 0 Å². The molecule has 0 spiro atoms. The second kappa shape index (κ2) is 5.93. The van der Waals surface area contributed by atoms with Gasteiger partial charge in [0.25, 0.3) is 5.62 Å². The molecular formula is C16H15N4+. The van der Waals surface area contributed by atoms with E-state index < -0.39 is 0 Å². The number of nitrogens with zero attached hydrogens (tertiary/aromatic N) is 4. The molecule has 0 N–H and O–H groups in total. The fourth-order valence-electron chi connectivity index (χ4n) is 1.94. The number of hydrogen-bond acceptors (Lipinski definition) is 2. The van der Waals surface area contributed by atoms with Gasteiger partial charge in [-0.15, -0.1) is 0 Å². The summed E-state index contributed by atoms with van der Waals surface area (Å²) in [5.74, 6) is 0. The fourth-order valence-corrected chi connectivity index (χ4v) is 1.94. The van der Waals surface area contributed by atoms with Crippen molar-refractivity contribution in [3.63, 3.8) is 0 Å². The summed E-state index contributed by atoms with van der Waals surface area (Å²) in [7, 11) is 0. The van der Waals surface area contributed by atoms with Crippen LogP contribution in [0.25, 0.3) is 0 Å². The van der Waals surface area contributed by atoms with Crippen molar-refractivity contribution in [1.82, 2.24) is 9.55 Å². The van der Waals surface area contributed by atoms with Crippen LogP contribution in [0.3, 0.4) is 0 Å². The van der Waals surface area contributed by atoms with Gasteiger partial charge in [0, 0.05) is 29.6 Å². The summed E-state index contributed by atoms with van der Waals surface area (Å²) in [6.45, 7) is 0.751. The minimum absolute atomic E-state index is 0.674. The van der Waals surface area contributed by atoms with Crippen LogP contribution in [0, 0.1) is 0 Å². The molecule has 0 fully saturated rings. The zero-order chi connectivity index (χ0) is 13.6. The Labute approximate surface area is 117 Å². The maximum Gasteiger partial charge on any atom is 0.295 e. The standard InChI is InChI=1S/C16H15N4/c1-3-8-15(9-4-1)14-19-11-7-10-17-16(19)18-20-12-5-2-6-13-20/h1-13H,14H2/q+1/b18-16+. The van der Waals surface area contributed by atoms with Gasteiger partial charge >= 0.3 is 0 Å². The van der Waals surface area contributed by atoms with Gasteiger partial charge in [-0.1, -0.05) is 41.1 Å². The monoisotopic (exact) mass is 263 g/mol. The molecule has 4 heteroatoms. The highest BCUT2D eigenvalue weighted by molar-refractivity contribution is 5.14. The van der Waals surface area contributed by atoms with E-state index in [1.807, 2.05) is 65.6 Å². The van der Waals surface area contributed by atoms with E-state index in [2.05, 4.69) is 22.2 Å². The first-order valence-electron chi connectivity index (χ1n) is 6.48. The Morgan fingerprint density at radius 2 is 1.70 bits per heavy atom. The zero-order valence-electron chi connectivity index (χ0n) is 11.0. The lowest BCUT2D eigenvalue weighted by atomic mass is 10.2. The summed E-state index contributed by atoms with van der Waals surface area (Å²) in [4.78, 5) is 4.35. The molecule has 0 atom stereocenters. The van der Waals surface area contributed by atoms with E-state index in [0.717, 1.165) is 6.54 Å². The SMILES string of the molecule is c1ccc(Cn2cccn/c2=N\[n+]2ccccc2)cc1. The average molecular weight is 263 g/mol. The van der Waals surface area contributed by atoms with Crippen LogP contribution in [-0.2, 0) is 6.54 Å². The van der Waals surface area contributed by atoms with E-state index in [4.69, 9.17) is 0 Å². The lowest BCUT2D eigenvalue weighted by molar-refractivity contribution is -0.683. The maximum atomic E-state index is 4.51. The van der Waals surface area contributed by atoms with Crippen molar-refractivity contribution in [2.75, 3.05) is 0 Å². The van der Waals surface area contributed by atoms with Crippen molar-refractivity contribution in [1.29, 1.82) is 0 Å². The fraction of sp³-hybridized carbons (Fsp3) is 0.0625. The highest BCUT2D eigenvalue weighted by atomic mass is 15.4. The van der Waals surface area contributed by atoms with E-state index in [1.54, 1.807) is 10.9 Å². The Bertz CT molecular complexity index is 733. The molecule has 0 saturated carbocycles. The summed E-state index contributed by atoms with van der Waals surface area (Å²) >= 11 is 0. The van der Waals surface area contributed by atoms with Crippen LogP contribution >= 0.6 is 0 Å². The molecular weight excluding hydrogens is 248 g/mol. The van der Waals surface area contributed by atoms with Gasteiger partial charge in [-0.25, -0.2) is 4.98 Å². The summed E-state index contributed by atoms with van der Waals surface area (Å²) in [5, 5.41) is 4.51. The Morgan fingerprint density at radius 3 is 2.50 bits per heavy atom. The molecule has 0 bridgehead atoms. The van der Waals surface area contributed by atoms with Crippen LogP contribution < -0.4 is 10.3 Å². The van der Waals surface area contributed by atoms with Crippen LogP contribution in [0.15, 0.2) is 84.5 Å². The normalized spacial score (nSPS) is 11.5. The van der Waals surface area contributed by atoms with E-state index in [1.165, 1.54) is 5.56 Å². The first-order valence-corrected chi connectivity index (χ1v) is 6.48. The van der Waals surface area contributed by atoms with Crippen molar-refractivity contribution < 1.29 is 4.68 Å². The predicted molar refractivity (Wildman–Crippen MR) is 75.4 cm³/mol. The van der Waals surface area contributed by atoms with Crippen molar-refractivity contribution in [3.05, 3.63) is 90.6 Å². The van der Waals surface area contributed by atoms with Gasteiger partial charge in [0.05, 0.1) is 6.54 Å². The summed E-state index contributed by atoms with van der Waals surface area (Å²) in [6.07, 6.45) is 7.52. The number of rotatable bonds is 3. The largest absolute Gasteiger partial charge is 0.308 e. The first-order chi connectivity index (χ1) is 9.92. The highest BCUT2D eigenvalue weighted by Gasteiger charge is 2.00. The summed E-state index contributed by atoms with van der Waals surface area (Å²) in [5.41, 5.74) is 1.90. The maximum absolute atomic E-state index is 4.51. The van der Waals surface area contributed by atoms with Crippen LogP contribution in [0.1, 0.15) is 5.56 Å². The molecule has 0 amide bonds.